The van der Waals surface area contributed by atoms with Crippen LogP contribution in [0.2, 0.25) is 0 Å². The lowest BCUT2D eigenvalue weighted by molar-refractivity contribution is -0.138. The Hall–Kier alpha value is -1.79. The Labute approximate surface area is 106 Å². The molecule has 1 saturated heterocycles. The number of amides is 3. The molecule has 7 heteroatoms. The molecule has 2 atom stereocenters. The minimum atomic E-state index is -0.938. The predicted molar refractivity (Wildman–Crippen MR) is 64.0 cm³/mol. The summed E-state index contributed by atoms with van der Waals surface area (Å²) in [7, 11) is 0. The Morgan fingerprint density at radius 1 is 1.61 bits per heavy atom. The van der Waals surface area contributed by atoms with E-state index in [1.807, 2.05) is 0 Å². The molecule has 0 radical (unpaired) electrons. The smallest absolute Gasteiger partial charge is 0.317 e. The molecule has 102 valence electrons. The highest BCUT2D eigenvalue weighted by Gasteiger charge is 2.27. The number of carboxylic acids is 1. The summed E-state index contributed by atoms with van der Waals surface area (Å²) in [4.78, 5) is 35.0. The number of carbonyl (C=O) groups is 3. The van der Waals surface area contributed by atoms with E-state index in [1.54, 1.807) is 13.8 Å². The average molecular weight is 257 g/mol. The Morgan fingerprint density at radius 2 is 2.28 bits per heavy atom. The molecule has 1 heterocycles. The van der Waals surface area contributed by atoms with Crippen LogP contribution in [0.3, 0.4) is 0 Å². The van der Waals surface area contributed by atoms with E-state index in [-0.39, 0.29) is 36.9 Å². The van der Waals surface area contributed by atoms with Gasteiger partial charge in [0.15, 0.2) is 0 Å². The number of aliphatic carboxylic acids is 1. The van der Waals surface area contributed by atoms with Crippen LogP contribution < -0.4 is 10.6 Å². The second-order valence-electron chi connectivity index (χ2n) is 4.39. The molecule has 3 amide bonds. The van der Waals surface area contributed by atoms with Crippen molar-refractivity contribution < 1.29 is 19.5 Å². The van der Waals surface area contributed by atoms with E-state index < -0.39 is 5.97 Å². The zero-order chi connectivity index (χ0) is 13.7. The summed E-state index contributed by atoms with van der Waals surface area (Å²) in [6.07, 6.45) is 0.180. The van der Waals surface area contributed by atoms with Gasteiger partial charge < -0.3 is 20.6 Å². The Kier molecular flexibility index (Phi) is 4.94. The molecule has 0 bridgehead atoms. The highest BCUT2D eigenvalue weighted by Crippen LogP contribution is 2.06. The minimum Gasteiger partial charge on any atom is -0.481 e. The summed E-state index contributed by atoms with van der Waals surface area (Å²) >= 11 is 0. The van der Waals surface area contributed by atoms with Gasteiger partial charge in [-0.2, -0.15) is 0 Å². The van der Waals surface area contributed by atoms with Crippen LogP contribution in [0.5, 0.6) is 0 Å². The molecule has 1 aliphatic heterocycles. The number of nitrogens with zero attached hydrogens (tertiary/aromatic N) is 1. The lowest BCUT2D eigenvalue weighted by Gasteiger charge is -2.28. The molecule has 3 N–H and O–H groups in total. The maximum Gasteiger partial charge on any atom is 0.317 e. The van der Waals surface area contributed by atoms with Crippen LogP contribution in [0.4, 0.5) is 4.79 Å². The molecule has 1 rings (SSSR count). The maximum atomic E-state index is 11.9. The molecule has 0 aliphatic carbocycles. The third-order valence-corrected chi connectivity index (χ3v) is 2.91. The van der Waals surface area contributed by atoms with Gasteiger partial charge in [0, 0.05) is 25.6 Å². The van der Waals surface area contributed by atoms with Crippen molar-refractivity contribution in [2.45, 2.75) is 38.8 Å². The third-order valence-electron chi connectivity index (χ3n) is 2.91. The van der Waals surface area contributed by atoms with Crippen LogP contribution in [-0.4, -0.2) is 53.1 Å². The van der Waals surface area contributed by atoms with E-state index in [2.05, 4.69) is 10.6 Å². The number of hydrogen-bond donors (Lipinski definition) is 3. The van der Waals surface area contributed by atoms with Crippen molar-refractivity contribution in [3.05, 3.63) is 0 Å². The number of hydrogen-bond acceptors (Lipinski definition) is 3. The Bertz CT molecular complexity index is 345. The molecule has 1 fully saturated rings. The predicted octanol–water partition coefficient (Wildman–Crippen LogP) is -0.230. The zero-order valence-electron chi connectivity index (χ0n) is 10.6. The number of carbonyl (C=O) groups excluding carboxylic acids is 2. The lowest BCUT2D eigenvalue weighted by Crippen LogP contribution is -2.49. The summed E-state index contributed by atoms with van der Waals surface area (Å²) in [5.41, 5.74) is 0. The van der Waals surface area contributed by atoms with E-state index in [0.717, 1.165) is 0 Å². The van der Waals surface area contributed by atoms with E-state index in [1.165, 1.54) is 4.90 Å². The van der Waals surface area contributed by atoms with E-state index in [0.29, 0.717) is 13.1 Å². The van der Waals surface area contributed by atoms with Gasteiger partial charge in [0.05, 0.1) is 12.5 Å². The van der Waals surface area contributed by atoms with E-state index >= 15 is 0 Å². The van der Waals surface area contributed by atoms with Crippen LogP contribution in [0.1, 0.15) is 26.7 Å². The Morgan fingerprint density at radius 3 is 2.72 bits per heavy atom. The highest BCUT2D eigenvalue weighted by molar-refractivity contribution is 5.81. The zero-order valence-corrected chi connectivity index (χ0v) is 10.6. The first-order valence-electron chi connectivity index (χ1n) is 5.99. The summed E-state index contributed by atoms with van der Waals surface area (Å²) in [5.74, 6) is -1.02. The second-order valence-corrected chi connectivity index (χ2v) is 4.39. The van der Waals surface area contributed by atoms with Crippen LogP contribution in [0, 0.1) is 0 Å². The van der Waals surface area contributed by atoms with Crippen molar-refractivity contribution in [1.29, 1.82) is 0 Å². The van der Waals surface area contributed by atoms with Gasteiger partial charge in [0.2, 0.25) is 5.91 Å². The van der Waals surface area contributed by atoms with Gasteiger partial charge in [0.1, 0.15) is 0 Å². The standard InChI is InChI=1S/C11H19N3O4/c1-3-14(7(2)4-10(16)17)11(18)13-8-5-9(15)12-6-8/h7-8H,3-6H2,1-2H3,(H,12,15)(H,13,18)(H,16,17). The monoisotopic (exact) mass is 257 g/mol. The number of carboxylic acid groups (broad SMARTS) is 1. The fourth-order valence-electron chi connectivity index (χ4n) is 1.98. The van der Waals surface area contributed by atoms with Gasteiger partial charge in [-0.15, -0.1) is 0 Å². The highest BCUT2D eigenvalue weighted by atomic mass is 16.4. The quantitative estimate of drug-likeness (QED) is 0.633. The van der Waals surface area contributed by atoms with Crippen molar-refractivity contribution in [2.75, 3.05) is 13.1 Å². The van der Waals surface area contributed by atoms with Gasteiger partial charge in [-0.3, -0.25) is 9.59 Å². The van der Waals surface area contributed by atoms with E-state index in [9.17, 15) is 14.4 Å². The molecule has 18 heavy (non-hydrogen) atoms. The average Bonchev–Trinajstić information content (AvgIpc) is 2.63. The summed E-state index contributed by atoms with van der Waals surface area (Å²) < 4.78 is 0. The summed E-state index contributed by atoms with van der Waals surface area (Å²) in [6, 6.07) is -0.915. The normalized spacial score (nSPS) is 20.1. The van der Waals surface area contributed by atoms with Crippen molar-refractivity contribution in [3.8, 4) is 0 Å². The molecular weight excluding hydrogens is 238 g/mol. The second kappa shape index (κ2) is 6.23. The molecule has 0 aromatic carbocycles. The lowest BCUT2D eigenvalue weighted by atomic mass is 10.2. The first-order valence-corrected chi connectivity index (χ1v) is 5.99. The molecular formula is C11H19N3O4. The number of rotatable bonds is 5. The maximum absolute atomic E-state index is 11.9. The van der Waals surface area contributed by atoms with Crippen molar-refractivity contribution in [2.24, 2.45) is 0 Å². The largest absolute Gasteiger partial charge is 0.481 e. The molecule has 0 saturated carbocycles. The van der Waals surface area contributed by atoms with Gasteiger partial charge in [-0.1, -0.05) is 0 Å². The summed E-state index contributed by atoms with van der Waals surface area (Å²) in [5, 5.41) is 14.1. The van der Waals surface area contributed by atoms with Gasteiger partial charge in [-0.05, 0) is 13.8 Å². The van der Waals surface area contributed by atoms with E-state index in [4.69, 9.17) is 5.11 Å². The molecule has 2 unspecified atom stereocenters. The number of nitrogens with one attached hydrogen (secondary N) is 2. The SMILES string of the molecule is CCN(C(=O)NC1CNC(=O)C1)C(C)CC(=O)O. The number of urea groups is 1. The molecule has 0 aromatic rings. The first kappa shape index (κ1) is 14.3. The van der Waals surface area contributed by atoms with Crippen LogP contribution in [0.25, 0.3) is 0 Å². The van der Waals surface area contributed by atoms with Crippen LogP contribution in [-0.2, 0) is 9.59 Å². The summed E-state index contributed by atoms with van der Waals surface area (Å²) in [6.45, 7) is 4.33. The fourth-order valence-corrected chi connectivity index (χ4v) is 1.98. The molecule has 7 nitrogen and oxygen atoms in total. The van der Waals surface area contributed by atoms with Gasteiger partial charge in [0.25, 0.3) is 0 Å². The van der Waals surface area contributed by atoms with Crippen molar-refractivity contribution in [3.63, 3.8) is 0 Å². The molecule has 0 aromatic heterocycles. The van der Waals surface area contributed by atoms with Gasteiger partial charge >= 0.3 is 12.0 Å². The van der Waals surface area contributed by atoms with Crippen LogP contribution in [0.15, 0.2) is 0 Å². The molecule has 1 aliphatic rings. The van der Waals surface area contributed by atoms with Crippen molar-refractivity contribution >= 4 is 17.9 Å². The fraction of sp³-hybridized carbons (Fsp3) is 0.727. The minimum absolute atomic E-state index is 0.0815. The first-order chi connectivity index (χ1) is 8.43. The van der Waals surface area contributed by atoms with Crippen molar-refractivity contribution in [1.82, 2.24) is 15.5 Å². The third kappa shape index (κ3) is 3.90. The van der Waals surface area contributed by atoms with Crippen LogP contribution >= 0.6 is 0 Å². The Balaban J connectivity index is 2.51. The molecule has 0 spiro atoms. The topological polar surface area (TPSA) is 98.7 Å². The van der Waals surface area contributed by atoms with Gasteiger partial charge in [-0.25, -0.2) is 4.79 Å².